The van der Waals surface area contributed by atoms with Crippen LogP contribution in [-0.4, -0.2) is 0 Å². The van der Waals surface area contributed by atoms with Crippen LogP contribution < -0.4 is 4.90 Å². The molecule has 0 heterocycles. The summed E-state index contributed by atoms with van der Waals surface area (Å²) in [6.07, 6.45) is 0. The van der Waals surface area contributed by atoms with Gasteiger partial charge in [0.2, 0.25) is 0 Å². The molecule has 0 N–H and O–H groups in total. The summed E-state index contributed by atoms with van der Waals surface area (Å²) in [6.45, 7) is 16.7. The van der Waals surface area contributed by atoms with Crippen LogP contribution in [0.4, 0.5) is 28.4 Å². The molecule has 9 aromatic carbocycles. The number of nitriles is 2. The summed E-state index contributed by atoms with van der Waals surface area (Å²) < 4.78 is 0. The molecule has 1 aliphatic rings. The van der Waals surface area contributed by atoms with E-state index >= 15 is 0 Å². The quantitative estimate of drug-likeness (QED) is 0.131. The summed E-state index contributed by atoms with van der Waals surface area (Å²) in [7, 11) is 0. The van der Waals surface area contributed by atoms with E-state index in [9.17, 15) is 10.5 Å². The van der Waals surface area contributed by atoms with E-state index in [-0.39, 0.29) is 0 Å². The minimum absolute atomic E-state index is 0.391. The molecule has 5 heteroatoms. The first-order valence-corrected chi connectivity index (χ1v) is 18.4. The maximum absolute atomic E-state index is 9.87. The Labute approximate surface area is 329 Å². The molecule has 0 radical (unpaired) electrons. The fourth-order valence-electron chi connectivity index (χ4n) is 8.67. The van der Waals surface area contributed by atoms with Gasteiger partial charge in [0.1, 0.15) is 0 Å². The van der Waals surface area contributed by atoms with Crippen LogP contribution in [0.3, 0.4) is 0 Å². The smallest absolute Gasteiger partial charge is 0.196 e. The molecule has 0 atom stereocenters. The van der Waals surface area contributed by atoms with Crippen LogP contribution >= 0.6 is 0 Å². The summed E-state index contributed by atoms with van der Waals surface area (Å²) in [5.74, 6) is 0. The molecule has 0 saturated carbocycles. The second-order valence-electron chi connectivity index (χ2n) is 14.0. The van der Waals surface area contributed by atoms with Gasteiger partial charge < -0.3 is 4.90 Å². The summed E-state index contributed by atoms with van der Waals surface area (Å²) >= 11 is 0. The third kappa shape index (κ3) is 5.06. The van der Waals surface area contributed by atoms with Gasteiger partial charge >= 0.3 is 0 Å². The number of anilines is 3. The van der Waals surface area contributed by atoms with Crippen LogP contribution in [0, 0.1) is 35.8 Å². The van der Waals surface area contributed by atoms with E-state index < -0.39 is 0 Å². The lowest BCUT2D eigenvalue weighted by molar-refractivity contribution is 1.30. The van der Waals surface area contributed by atoms with E-state index in [0.717, 1.165) is 93.9 Å². The third-order valence-electron chi connectivity index (χ3n) is 11.0. The van der Waals surface area contributed by atoms with Crippen molar-refractivity contribution in [2.45, 2.75) is 0 Å². The molecule has 0 saturated heterocycles. The summed E-state index contributed by atoms with van der Waals surface area (Å²) in [4.78, 5) is 10.3. The van der Waals surface area contributed by atoms with Crippen LogP contribution in [0.1, 0.15) is 11.1 Å². The zero-order chi connectivity index (χ0) is 38.6. The summed E-state index contributed by atoms with van der Waals surface area (Å²) in [5.41, 5.74) is 11.9. The van der Waals surface area contributed by atoms with Crippen molar-refractivity contribution in [2.24, 2.45) is 0 Å². The monoisotopic (exact) mass is 721 g/mol. The number of nitrogens with zero attached hydrogens (tertiary/aromatic N) is 5. The lowest BCUT2D eigenvalue weighted by Gasteiger charge is -2.27. The normalized spacial score (nSPS) is 11.1. The van der Waals surface area contributed by atoms with Crippen molar-refractivity contribution in [1.82, 2.24) is 0 Å². The molecule has 0 amide bonds. The molecule has 57 heavy (non-hydrogen) atoms. The maximum Gasteiger partial charge on any atom is 0.196 e. The fraction of sp³-hybridized carbons (Fsp3) is 0. The predicted molar refractivity (Wildman–Crippen MR) is 231 cm³/mol. The van der Waals surface area contributed by atoms with E-state index in [1.54, 1.807) is 24.3 Å². The van der Waals surface area contributed by atoms with Crippen molar-refractivity contribution in [3.63, 3.8) is 0 Å². The Bertz CT molecular complexity index is 3150. The number of para-hydroxylation sites is 2. The van der Waals surface area contributed by atoms with E-state index in [1.807, 2.05) is 60.7 Å². The topological polar surface area (TPSA) is 59.5 Å². The SMILES string of the molecule is [C-]#[N+]c1cc(C#N)ccc1-c1c2c(c(-c3ccc(C#N)cc3[N+]#[C-])c3cc4ccccc4cc13)-c1ccc(N(c3ccccc3)c3ccccc3)c3cccc-2c13. The van der Waals surface area contributed by atoms with Crippen molar-refractivity contribution in [2.75, 3.05) is 4.90 Å². The van der Waals surface area contributed by atoms with E-state index in [2.05, 4.69) is 106 Å². The molecule has 0 fully saturated rings. The number of fused-ring (bicyclic) bond motifs is 5. The van der Waals surface area contributed by atoms with Crippen molar-refractivity contribution < 1.29 is 0 Å². The van der Waals surface area contributed by atoms with E-state index in [0.29, 0.717) is 22.5 Å². The summed E-state index contributed by atoms with van der Waals surface area (Å²) in [5, 5.41) is 25.8. The largest absolute Gasteiger partial charge is 0.310 e. The first kappa shape index (κ1) is 33.1. The molecular formula is C52H27N5. The van der Waals surface area contributed by atoms with Crippen molar-refractivity contribution >= 4 is 60.8 Å². The van der Waals surface area contributed by atoms with Gasteiger partial charge in [-0.25, -0.2) is 9.69 Å². The molecular weight excluding hydrogens is 695 g/mol. The average Bonchev–Trinajstić information content (AvgIpc) is 3.60. The lowest BCUT2D eigenvalue weighted by atomic mass is 9.81. The van der Waals surface area contributed by atoms with Gasteiger partial charge in [0.05, 0.1) is 31.0 Å². The zero-order valence-corrected chi connectivity index (χ0v) is 30.3. The molecule has 0 bridgehead atoms. The molecule has 0 spiro atoms. The van der Waals surface area contributed by atoms with E-state index in [1.165, 1.54) is 0 Å². The molecule has 1 aliphatic carbocycles. The van der Waals surface area contributed by atoms with Crippen LogP contribution in [0.15, 0.2) is 164 Å². The maximum atomic E-state index is 9.87. The van der Waals surface area contributed by atoms with Crippen molar-refractivity contribution in [1.29, 1.82) is 10.5 Å². The molecule has 9 aromatic rings. The first-order valence-electron chi connectivity index (χ1n) is 18.4. The minimum atomic E-state index is 0.391. The minimum Gasteiger partial charge on any atom is -0.310 e. The Morgan fingerprint density at radius 1 is 0.421 bits per heavy atom. The van der Waals surface area contributed by atoms with Crippen LogP contribution in [0.25, 0.3) is 86.5 Å². The molecule has 0 unspecified atom stereocenters. The highest BCUT2D eigenvalue weighted by molar-refractivity contribution is 6.30. The van der Waals surface area contributed by atoms with Gasteiger partial charge in [-0.1, -0.05) is 97.1 Å². The van der Waals surface area contributed by atoms with E-state index in [4.69, 9.17) is 13.1 Å². The number of benzene rings is 9. The molecule has 0 aromatic heterocycles. The molecule has 10 rings (SSSR count). The fourth-order valence-corrected chi connectivity index (χ4v) is 8.67. The van der Waals surface area contributed by atoms with Gasteiger partial charge in [-0.05, 0) is 138 Å². The Hall–Kier alpha value is -8.48. The second kappa shape index (κ2) is 13.1. The number of rotatable bonds is 5. The average molecular weight is 722 g/mol. The van der Waals surface area contributed by atoms with Crippen molar-refractivity contribution in [3.8, 4) is 56.6 Å². The Balaban J connectivity index is 1.41. The van der Waals surface area contributed by atoms with Gasteiger partial charge in [-0.15, -0.1) is 0 Å². The molecule has 5 nitrogen and oxygen atoms in total. The highest BCUT2D eigenvalue weighted by Gasteiger charge is 2.33. The summed E-state index contributed by atoms with van der Waals surface area (Å²) in [6, 6.07) is 59.3. The molecule has 260 valence electrons. The van der Waals surface area contributed by atoms with Gasteiger partial charge in [0.25, 0.3) is 0 Å². The van der Waals surface area contributed by atoms with Gasteiger partial charge in [0, 0.05) is 27.9 Å². The van der Waals surface area contributed by atoms with Gasteiger partial charge in [-0.3, -0.25) is 0 Å². The Kier molecular flexibility index (Phi) is 7.62. The van der Waals surface area contributed by atoms with Gasteiger partial charge in [-0.2, -0.15) is 10.5 Å². The highest BCUT2D eigenvalue weighted by atomic mass is 15.1. The standard InChI is InChI=1S/C52H27N5/c1-55-45-26-32(30-53)20-22-38(45)49-43-28-34-12-9-10-13-35(34)29-44(43)50(39-23-21-33(31-54)27-46(39)56-2)52-42-24-25-47(40-18-11-19-41(48(40)42)51(49)52)57(36-14-5-3-6-15-36)37-16-7-4-8-17-37/h3-29H. The van der Waals surface area contributed by atoms with Crippen LogP contribution in [0.2, 0.25) is 0 Å². The first-order chi connectivity index (χ1) is 28.1. The number of hydrogen-bond donors (Lipinski definition) is 0. The zero-order valence-electron chi connectivity index (χ0n) is 30.3. The predicted octanol–water partition coefficient (Wildman–Crippen LogP) is 14.4. The third-order valence-corrected chi connectivity index (χ3v) is 11.0. The Morgan fingerprint density at radius 3 is 1.39 bits per heavy atom. The van der Waals surface area contributed by atoms with Crippen LogP contribution in [-0.2, 0) is 0 Å². The Morgan fingerprint density at radius 2 is 0.895 bits per heavy atom. The molecule has 0 aliphatic heterocycles. The van der Waals surface area contributed by atoms with Gasteiger partial charge in [0.15, 0.2) is 11.4 Å². The lowest BCUT2D eigenvalue weighted by Crippen LogP contribution is -2.10. The second-order valence-corrected chi connectivity index (χ2v) is 14.0. The highest BCUT2D eigenvalue weighted by Crippen LogP contribution is 2.61. The van der Waals surface area contributed by atoms with Crippen molar-refractivity contribution in [3.05, 3.63) is 198 Å². The van der Waals surface area contributed by atoms with Crippen LogP contribution in [0.5, 0.6) is 0 Å². The number of hydrogen-bond acceptors (Lipinski definition) is 3.